The Morgan fingerprint density at radius 3 is 2.68 bits per heavy atom. The van der Waals surface area contributed by atoms with Crippen molar-refractivity contribution in [1.82, 2.24) is 0 Å². The molecule has 2 nitrogen and oxygen atoms in total. The van der Waals surface area contributed by atoms with Gasteiger partial charge in [0.1, 0.15) is 5.82 Å². The van der Waals surface area contributed by atoms with Crippen LogP contribution in [0.25, 0.3) is 6.08 Å². The van der Waals surface area contributed by atoms with Crippen molar-refractivity contribution in [3.05, 3.63) is 56.5 Å². The van der Waals surface area contributed by atoms with E-state index in [-0.39, 0.29) is 10.7 Å². The average Bonchev–Trinajstić information content (AvgIpc) is 2.76. The van der Waals surface area contributed by atoms with Gasteiger partial charge in [0.15, 0.2) is 0 Å². The summed E-state index contributed by atoms with van der Waals surface area (Å²) in [6.45, 7) is 0. The van der Waals surface area contributed by atoms with Gasteiger partial charge in [0.25, 0.3) is 0 Å². The topological polar surface area (TPSA) is 29.1 Å². The summed E-state index contributed by atoms with van der Waals surface area (Å²) in [5, 5.41) is 2.70. The van der Waals surface area contributed by atoms with Crippen LogP contribution in [0.15, 0.2) is 36.4 Å². The highest BCUT2D eigenvalue weighted by molar-refractivity contribution is 7.17. The summed E-state index contributed by atoms with van der Waals surface area (Å²) >= 11 is 12.7. The highest BCUT2D eigenvalue weighted by Crippen LogP contribution is 2.22. The van der Waals surface area contributed by atoms with Gasteiger partial charge in [-0.1, -0.05) is 23.2 Å². The Bertz CT molecular complexity index is 639. The standard InChI is InChI=1S/C13H8Cl2FNOS/c14-8-1-4-11(10(16)7-8)17-13(18)6-3-9-2-5-12(15)19-9/h1-7H,(H,17,18)/b6-3+. The smallest absolute Gasteiger partial charge is 0.248 e. The van der Waals surface area contributed by atoms with Gasteiger partial charge in [0.2, 0.25) is 5.91 Å². The highest BCUT2D eigenvalue weighted by atomic mass is 35.5. The lowest BCUT2D eigenvalue weighted by Crippen LogP contribution is -2.09. The highest BCUT2D eigenvalue weighted by Gasteiger charge is 2.05. The summed E-state index contributed by atoms with van der Waals surface area (Å²) in [5.74, 6) is -1.00. The van der Waals surface area contributed by atoms with Crippen LogP contribution < -0.4 is 5.32 Å². The van der Waals surface area contributed by atoms with Crippen molar-refractivity contribution in [2.75, 3.05) is 5.32 Å². The van der Waals surface area contributed by atoms with E-state index in [1.165, 1.54) is 29.5 Å². The van der Waals surface area contributed by atoms with Gasteiger partial charge in [-0.25, -0.2) is 4.39 Å². The number of carbonyl (C=O) groups excluding carboxylic acids is 1. The molecular formula is C13H8Cl2FNOS. The minimum atomic E-state index is -0.576. The maximum Gasteiger partial charge on any atom is 0.248 e. The van der Waals surface area contributed by atoms with Crippen molar-refractivity contribution >= 4 is 52.2 Å². The molecule has 98 valence electrons. The van der Waals surface area contributed by atoms with Crippen molar-refractivity contribution in [3.63, 3.8) is 0 Å². The van der Waals surface area contributed by atoms with Crippen LogP contribution in [0.5, 0.6) is 0 Å². The lowest BCUT2D eigenvalue weighted by atomic mass is 10.3. The minimum absolute atomic E-state index is 0.0864. The van der Waals surface area contributed by atoms with Gasteiger partial charge >= 0.3 is 0 Å². The van der Waals surface area contributed by atoms with Crippen LogP contribution in [-0.2, 0) is 4.79 Å². The first kappa shape index (κ1) is 14.1. The quantitative estimate of drug-likeness (QED) is 0.806. The number of hydrogen-bond donors (Lipinski definition) is 1. The first-order valence-corrected chi connectivity index (χ1v) is 6.81. The summed E-state index contributed by atoms with van der Waals surface area (Å²) in [6, 6.07) is 7.58. The minimum Gasteiger partial charge on any atom is -0.320 e. The fraction of sp³-hybridized carbons (Fsp3) is 0. The number of rotatable bonds is 3. The van der Waals surface area contributed by atoms with E-state index in [0.29, 0.717) is 4.34 Å². The molecule has 1 N–H and O–H groups in total. The maximum absolute atomic E-state index is 13.4. The molecule has 1 aromatic carbocycles. The van der Waals surface area contributed by atoms with Gasteiger partial charge in [0, 0.05) is 16.0 Å². The van der Waals surface area contributed by atoms with E-state index < -0.39 is 11.7 Å². The molecule has 19 heavy (non-hydrogen) atoms. The molecule has 1 aromatic heterocycles. The van der Waals surface area contributed by atoms with Crippen LogP contribution in [0.2, 0.25) is 9.36 Å². The Morgan fingerprint density at radius 2 is 2.05 bits per heavy atom. The van der Waals surface area contributed by atoms with Gasteiger partial charge in [-0.05, 0) is 36.4 Å². The molecule has 0 saturated carbocycles. The fourth-order valence-corrected chi connectivity index (χ4v) is 2.46. The second-order valence-electron chi connectivity index (χ2n) is 3.59. The van der Waals surface area contributed by atoms with E-state index in [2.05, 4.69) is 5.32 Å². The van der Waals surface area contributed by atoms with E-state index in [4.69, 9.17) is 23.2 Å². The molecule has 2 rings (SSSR count). The number of hydrogen-bond acceptors (Lipinski definition) is 2. The van der Waals surface area contributed by atoms with Crippen molar-refractivity contribution in [3.8, 4) is 0 Å². The molecule has 0 bridgehead atoms. The molecule has 2 aromatic rings. The van der Waals surface area contributed by atoms with Gasteiger partial charge in [-0.15, -0.1) is 11.3 Å². The summed E-state index contributed by atoms with van der Waals surface area (Å²) in [4.78, 5) is 12.4. The molecule has 0 aliphatic carbocycles. The third-order valence-electron chi connectivity index (χ3n) is 2.18. The zero-order chi connectivity index (χ0) is 13.8. The van der Waals surface area contributed by atoms with Crippen LogP contribution in [0, 0.1) is 5.82 Å². The van der Waals surface area contributed by atoms with Crippen molar-refractivity contribution in [2.24, 2.45) is 0 Å². The van der Waals surface area contributed by atoms with Crippen molar-refractivity contribution in [1.29, 1.82) is 0 Å². The Kier molecular flexibility index (Phi) is 4.58. The third kappa shape index (κ3) is 4.06. The molecule has 6 heteroatoms. The van der Waals surface area contributed by atoms with E-state index in [1.807, 2.05) is 0 Å². The molecule has 0 saturated heterocycles. The molecule has 0 unspecified atom stereocenters. The summed E-state index contributed by atoms with van der Waals surface area (Å²) in [5.41, 5.74) is 0.0864. The SMILES string of the molecule is O=C(/C=C/c1ccc(Cl)s1)Nc1ccc(Cl)cc1F. The van der Waals surface area contributed by atoms with E-state index >= 15 is 0 Å². The zero-order valence-electron chi connectivity index (χ0n) is 9.49. The molecular weight excluding hydrogens is 308 g/mol. The lowest BCUT2D eigenvalue weighted by molar-refractivity contribution is -0.111. The summed E-state index contributed by atoms with van der Waals surface area (Å²) in [6.07, 6.45) is 2.93. The van der Waals surface area contributed by atoms with E-state index in [9.17, 15) is 9.18 Å². The molecule has 1 heterocycles. The number of carbonyl (C=O) groups is 1. The number of amides is 1. The Morgan fingerprint density at radius 1 is 1.26 bits per heavy atom. The predicted molar refractivity (Wildman–Crippen MR) is 78.4 cm³/mol. The molecule has 0 spiro atoms. The molecule has 0 radical (unpaired) electrons. The first-order chi connectivity index (χ1) is 9.04. The first-order valence-electron chi connectivity index (χ1n) is 5.24. The van der Waals surface area contributed by atoms with Crippen LogP contribution >= 0.6 is 34.5 Å². The molecule has 1 amide bonds. The van der Waals surface area contributed by atoms with Crippen molar-refractivity contribution < 1.29 is 9.18 Å². The monoisotopic (exact) mass is 315 g/mol. The largest absolute Gasteiger partial charge is 0.320 e. The number of thiophene rings is 1. The van der Waals surface area contributed by atoms with Gasteiger partial charge in [-0.3, -0.25) is 4.79 Å². The molecule has 0 aliphatic heterocycles. The Labute approximate surface area is 123 Å². The predicted octanol–water partition coefficient (Wildman–Crippen LogP) is 4.85. The maximum atomic E-state index is 13.4. The molecule has 0 aliphatic rings. The van der Waals surface area contributed by atoms with Crippen molar-refractivity contribution in [2.45, 2.75) is 0 Å². The molecule has 0 fully saturated rings. The van der Waals surface area contributed by atoms with Crippen LogP contribution in [0.1, 0.15) is 4.88 Å². The zero-order valence-corrected chi connectivity index (χ0v) is 11.8. The van der Waals surface area contributed by atoms with Gasteiger partial charge in [-0.2, -0.15) is 0 Å². The van der Waals surface area contributed by atoms with Gasteiger partial charge < -0.3 is 5.32 Å². The summed E-state index contributed by atoms with van der Waals surface area (Å²) < 4.78 is 14.1. The average molecular weight is 316 g/mol. The lowest BCUT2D eigenvalue weighted by Gasteiger charge is -2.03. The second-order valence-corrected chi connectivity index (χ2v) is 5.77. The second kappa shape index (κ2) is 6.19. The Balaban J connectivity index is 2.03. The number of halogens is 3. The van der Waals surface area contributed by atoms with Gasteiger partial charge in [0.05, 0.1) is 10.0 Å². The Hall–Kier alpha value is -1.36. The van der Waals surface area contributed by atoms with E-state index in [0.717, 1.165) is 10.9 Å². The third-order valence-corrected chi connectivity index (χ3v) is 3.61. The number of nitrogens with one attached hydrogen (secondary N) is 1. The summed E-state index contributed by atoms with van der Waals surface area (Å²) in [7, 11) is 0. The van der Waals surface area contributed by atoms with Crippen LogP contribution in [0.3, 0.4) is 0 Å². The normalized spacial score (nSPS) is 10.9. The van der Waals surface area contributed by atoms with Crippen LogP contribution in [0.4, 0.5) is 10.1 Å². The fourth-order valence-electron chi connectivity index (χ4n) is 1.34. The van der Waals surface area contributed by atoms with Crippen LogP contribution in [-0.4, -0.2) is 5.91 Å². The number of benzene rings is 1. The molecule has 0 atom stereocenters. The van der Waals surface area contributed by atoms with E-state index in [1.54, 1.807) is 18.2 Å². The number of anilines is 1.